The highest BCUT2D eigenvalue weighted by Gasteiger charge is 2.31. The third-order valence-corrected chi connectivity index (χ3v) is 4.74. The van der Waals surface area contributed by atoms with Crippen molar-refractivity contribution in [3.05, 3.63) is 21.9 Å². The summed E-state index contributed by atoms with van der Waals surface area (Å²) in [6, 6.07) is 4.46. The smallest absolute Gasteiger partial charge is 0.0503 e. The number of thiophene rings is 1. The van der Waals surface area contributed by atoms with E-state index < -0.39 is 0 Å². The quantitative estimate of drug-likeness (QED) is 0.844. The molecule has 2 rings (SSSR count). The first-order chi connectivity index (χ1) is 7.78. The molecule has 0 saturated carbocycles. The van der Waals surface area contributed by atoms with Gasteiger partial charge in [0.05, 0.1) is 6.61 Å². The molecule has 0 amide bonds. The lowest BCUT2D eigenvalue weighted by Crippen LogP contribution is -2.43. The molecule has 1 unspecified atom stereocenters. The number of rotatable bonds is 4. The Bertz CT molecular complexity index is 328. The zero-order chi connectivity index (χ0) is 11.4. The van der Waals surface area contributed by atoms with Crippen LogP contribution in [0.4, 0.5) is 0 Å². The molecule has 0 aliphatic carbocycles. The van der Waals surface area contributed by atoms with Gasteiger partial charge in [-0.25, -0.2) is 0 Å². The summed E-state index contributed by atoms with van der Waals surface area (Å²) in [7, 11) is 0. The van der Waals surface area contributed by atoms with Crippen LogP contribution in [0.1, 0.15) is 29.5 Å². The van der Waals surface area contributed by atoms with Crippen molar-refractivity contribution in [1.29, 1.82) is 0 Å². The fourth-order valence-corrected chi connectivity index (χ4v) is 3.58. The van der Waals surface area contributed by atoms with E-state index >= 15 is 0 Å². The molecule has 1 aromatic heterocycles. The largest absolute Gasteiger partial charge is 0.396 e. The van der Waals surface area contributed by atoms with E-state index in [2.05, 4.69) is 24.4 Å². The van der Waals surface area contributed by atoms with Gasteiger partial charge < -0.3 is 10.4 Å². The Morgan fingerprint density at radius 1 is 1.44 bits per heavy atom. The number of aliphatic hydroxyl groups excluding tert-OH is 1. The van der Waals surface area contributed by atoms with Crippen LogP contribution in [0.2, 0.25) is 0 Å². The molecule has 1 aliphatic heterocycles. The number of nitrogens with one attached hydrogen (secondary N) is 1. The normalized spacial score (nSPS) is 25.9. The number of piperidine rings is 1. The molecule has 1 saturated heterocycles. The molecule has 0 bridgehead atoms. The average molecular weight is 239 g/mol. The average Bonchev–Trinajstić information content (AvgIpc) is 2.78. The van der Waals surface area contributed by atoms with Crippen LogP contribution in [0.15, 0.2) is 12.1 Å². The van der Waals surface area contributed by atoms with Crippen LogP contribution in [0.5, 0.6) is 0 Å². The Hall–Kier alpha value is -0.380. The van der Waals surface area contributed by atoms with Gasteiger partial charge in [-0.3, -0.25) is 0 Å². The third-order valence-electron chi connectivity index (χ3n) is 3.51. The number of aliphatic hydroxyl groups is 1. The van der Waals surface area contributed by atoms with Gasteiger partial charge in [-0.1, -0.05) is 6.92 Å². The summed E-state index contributed by atoms with van der Waals surface area (Å²) in [5, 5.41) is 13.0. The molecule has 3 heteroatoms. The highest BCUT2D eigenvalue weighted by atomic mass is 32.1. The first-order valence-corrected chi connectivity index (χ1v) is 6.99. The summed E-state index contributed by atoms with van der Waals surface area (Å²) in [5.41, 5.74) is 0.0914. The lowest BCUT2D eigenvalue weighted by atomic mass is 9.78. The predicted octanol–water partition coefficient (Wildman–Crippen LogP) is 2.22. The lowest BCUT2D eigenvalue weighted by Gasteiger charge is -2.35. The van der Waals surface area contributed by atoms with E-state index in [0.29, 0.717) is 6.61 Å². The molecule has 1 fully saturated rings. The third kappa shape index (κ3) is 2.65. The van der Waals surface area contributed by atoms with Crippen LogP contribution in [-0.2, 0) is 12.8 Å². The van der Waals surface area contributed by atoms with Gasteiger partial charge >= 0.3 is 0 Å². The Kier molecular flexibility index (Phi) is 4.00. The fourth-order valence-electron chi connectivity index (χ4n) is 2.45. The van der Waals surface area contributed by atoms with Crippen molar-refractivity contribution in [1.82, 2.24) is 5.32 Å². The summed E-state index contributed by atoms with van der Waals surface area (Å²) >= 11 is 1.90. The Balaban J connectivity index is 2.05. The van der Waals surface area contributed by atoms with Gasteiger partial charge in [0.15, 0.2) is 0 Å². The Morgan fingerprint density at radius 2 is 2.25 bits per heavy atom. The molecule has 0 radical (unpaired) electrons. The maximum atomic E-state index is 9.63. The van der Waals surface area contributed by atoms with Gasteiger partial charge in [0.25, 0.3) is 0 Å². The summed E-state index contributed by atoms with van der Waals surface area (Å²) < 4.78 is 0. The summed E-state index contributed by atoms with van der Waals surface area (Å²) in [6.07, 6.45) is 4.48. The van der Waals surface area contributed by atoms with Gasteiger partial charge in [-0.15, -0.1) is 11.3 Å². The molecule has 16 heavy (non-hydrogen) atoms. The second kappa shape index (κ2) is 5.30. The van der Waals surface area contributed by atoms with Crippen molar-refractivity contribution in [2.24, 2.45) is 5.41 Å². The monoisotopic (exact) mass is 239 g/mol. The summed E-state index contributed by atoms with van der Waals surface area (Å²) in [4.78, 5) is 2.88. The topological polar surface area (TPSA) is 32.3 Å². The first kappa shape index (κ1) is 12.1. The van der Waals surface area contributed by atoms with E-state index in [4.69, 9.17) is 0 Å². The van der Waals surface area contributed by atoms with Crippen molar-refractivity contribution in [3.8, 4) is 0 Å². The second-order valence-electron chi connectivity index (χ2n) is 4.84. The molecular weight excluding hydrogens is 218 g/mol. The van der Waals surface area contributed by atoms with Crippen molar-refractivity contribution in [3.63, 3.8) is 0 Å². The van der Waals surface area contributed by atoms with Crippen molar-refractivity contribution in [2.75, 3.05) is 19.7 Å². The highest BCUT2D eigenvalue weighted by molar-refractivity contribution is 7.11. The van der Waals surface area contributed by atoms with Crippen molar-refractivity contribution >= 4 is 11.3 Å². The van der Waals surface area contributed by atoms with E-state index in [0.717, 1.165) is 32.4 Å². The second-order valence-corrected chi connectivity index (χ2v) is 6.09. The van der Waals surface area contributed by atoms with Gasteiger partial charge in [-0.2, -0.15) is 0 Å². The minimum atomic E-state index is 0.0914. The molecule has 90 valence electrons. The van der Waals surface area contributed by atoms with Gasteiger partial charge in [0.2, 0.25) is 0 Å². The van der Waals surface area contributed by atoms with E-state index in [1.807, 2.05) is 11.3 Å². The van der Waals surface area contributed by atoms with Crippen LogP contribution in [0.3, 0.4) is 0 Å². The first-order valence-electron chi connectivity index (χ1n) is 6.17. The Morgan fingerprint density at radius 3 is 2.81 bits per heavy atom. The molecule has 1 atom stereocenters. The SMILES string of the molecule is CCc1ccc(CC2(CO)CCCNC2)s1. The number of aryl methyl sites for hydroxylation is 1. The van der Waals surface area contributed by atoms with Crippen molar-refractivity contribution < 1.29 is 5.11 Å². The summed E-state index contributed by atoms with van der Waals surface area (Å²) in [6.45, 7) is 4.56. The number of hydrogen-bond acceptors (Lipinski definition) is 3. The molecule has 0 aromatic carbocycles. The van der Waals surface area contributed by atoms with Gasteiger partial charge in [-0.05, 0) is 44.4 Å². The maximum Gasteiger partial charge on any atom is 0.0503 e. The predicted molar refractivity (Wildman–Crippen MR) is 69.0 cm³/mol. The van der Waals surface area contributed by atoms with E-state index in [1.54, 1.807) is 0 Å². The van der Waals surface area contributed by atoms with Gasteiger partial charge in [0.1, 0.15) is 0 Å². The van der Waals surface area contributed by atoms with E-state index in [9.17, 15) is 5.11 Å². The summed E-state index contributed by atoms with van der Waals surface area (Å²) in [5.74, 6) is 0. The van der Waals surface area contributed by atoms with Crippen LogP contribution in [0, 0.1) is 5.41 Å². The number of hydrogen-bond donors (Lipinski definition) is 2. The minimum Gasteiger partial charge on any atom is -0.396 e. The fraction of sp³-hybridized carbons (Fsp3) is 0.692. The maximum absolute atomic E-state index is 9.63. The van der Waals surface area contributed by atoms with Crippen molar-refractivity contribution in [2.45, 2.75) is 32.6 Å². The highest BCUT2D eigenvalue weighted by Crippen LogP contribution is 2.32. The molecule has 1 aliphatic rings. The zero-order valence-corrected chi connectivity index (χ0v) is 10.8. The molecule has 2 N–H and O–H groups in total. The minimum absolute atomic E-state index is 0.0914. The van der Waals surface area contributed by atoms with E-state index in [-0.39, 0.29) is 5.41 Å². The standard InChI is InChI=1S/C13H21NOS/c1-2-11-4-5-12(16-11)8-13(10-15)6-3-7-14-9-13/h4-5,14-15H,2-3,6-10H2,1H3. The lowest BCUT2D eigenvalue weighted by molar-refractivity contribution is 0.0956. The molecule has 2 heterocycles. The van der Waals surface area contributed by atoms with E-state index in [1.165, 1.54) is 16.2 Å². The molecule has 0 spiro atoms. The molecule has 2 nitrogen and oxygen atoms in total. The Labute approximate surface area is 102 Å². The molecular formula is C13H21NOS. The molecule has 1 aromatic rings. The zero-order valence-electron chi connectivity index (χ0n) is 9.96. The van der Waals surface area contributed by atoms with Crippen LogP contribution in [-0.4, -0.2) is 24.8 Å². The van der Waals surface area contributed by atoms with Gasteiger partial charge in [0, 0.05) is 21.7 Å². The van der Waals surface area contributed by atoms with Crippen LogP contribution >= 0.6 is 11.3 Å². The van der Waals surface area contributed by atoms with Crippen LogP contribution < -0.4 is 5.32 Å². The van der Waals surface area contributed by atoms with Crippen LogP contribution in [0.25, 0.3) is 0 Å².